The molecule has 0 saturated heterocycles. The molecule has 148 valence electrons. The van der Waals surface area contributed by atoms with Gasteiger partial charge in [0.15, 0.2) is 0 Å². The van der Waals surface area contributed by atoms with Crippen LogP contribution in [0.3, 0.4) is 0 Å². The third-order valence-electron chi connectivity index (χ3n) is 4.01. The van der Waals surface area contributed by atoms with Crippen molar-refractivity contribution in [3.63, 3.8) is 0 Å². The summed E-state index contributed by atoms with van der Waals surface area (Å²) < 4.78 is 6.17. The van der Waals surface area contributed by atoms with Gasteiger partial charge in [-0.2, -0.15) is 0 Å². The zero-order chi connectivity index (χ0) is 20.8. The Morgan fingerprint density at radius 3 is 2.14 bits per heavy atom. The van der Waals surface area contributed by atoms with Crippen molar-refractivity contribution in [1.29, 1.82) is 0 Å². The summed E-state index contributed by atoms with van der Waals surface area (Å²) in [5, 5.41) is 5.99. The van der Waals surface area contributed by atoms with Crippen LogP contribution in [0.4, 0.5) is 11.4 Å². The molecular formula is C22H18BrClN2O3. The molecule has 0 unspecified atom stereocenters. The van der Waals surface area contributed by atoms with E-state index in [0.29, 0.717) is 44.4 Å². The minimum Gasteiger partial charge on any atom is -0.493 e. The molecule has 3 aromatic rings. The van der Waals surface area contributed by atoms with Gasteiger partial charge in [0, 0.05) is 16.9 Å². The van der Waals surface area contributed by atoms with Crippen molar-refractivity contribution in [3.8, 4) is 5.75 Å². The lowest BCUT2D eigenvalue weighted by atomic mass is 10.2. The molecule has 2 N–H and O–H groups in total. The van der Waals surface area contributed by atoms with Crippen molar-refractivity contribution in [2.45, 2.75) is 6.92 Å². The molecule has 0 atom stereocenters. The minimum atomic E-state index is -0.299. The molecule has 0 aliphatic rings. The summed E-state index contributed by atoms with van der Waals surface area (Å²) in [6, 6.07) is 18.8. The summed E-state index contributed by atoms with van der Waals surface area (Å²) >= 11 is 9.45. The Bertz CT molecular complexity index is 1040. The molecule has 0 heterocycles. The van der Waals surface area contributed by atoms with Gasteiger partial charge in [-0.05, 0) is 77.5 Å². The van der Waals surface area contributed by atoms with Crippen LogP contribution in [0.2, 0.25) is 5.02 Å². The van der Waals surface area contributed by atoms with Crippen LogP contribution in [0.15, 0.2) is 71.2 Å². The summed E-state index contributed by atoms with van der Waals surface area (Å²) in [6.07, 6.45) is 0. The first kappa shape index (κ1) is 20.9. The van der Waals surface area contributed by atoms with E-state index < -0.39 is 0 Å². The van der Waals surface area contributed by atoms with Crippen molar-refractivity contribution in [2.75, 3.05) is 17.2 Å². The predicted octanol–water partition coefficient (Wildman–Crippen LogP) is 6.01. The fourth-order valence-corrected chi connectivity index (χ4v) is 3.31. The van der Waals surface area contributed by atoms with Crippen LogP contribution in [0.1, 0.15) is 27.6 Å². The first-order chi connectivity index (χ1) is 14.0. The molecule has 29 heavy (non-hydrogen) atoms. The van der Waals surface area contributed by atoms with E-state index in [-0.39, 0.29) is 11.8 Å². The molecule has 0 bridgehead atoms. The number of carbonyl (C=O) groups excluding carboxylic acids is 2. The van der Waals surface area contributed by atoms with Gasteiger partial charge in [-0.3, -0.25) is 9.59 Å². The van der Waals surface area contributed by atoms with Gasteiger partial charge in [-0.25, -0.2) is 0 Å². The maximum atomic E-state index is 12.5. The second-order valence-corrected chi connectivity index (χ2v) is 7.31. The normalized spacial score (nSPS) is 10.3. The maximum absolute atomic E-state index is 12.5. The second kappa shape index (κ2) is 9.58. The van der Waals surface area contributed by atoms with Crippen LogP contribution >= 0.6 is 27.5 Å². The number of nitrogens with one attached hydrogen (secondary N) is 2. The van der Waals surface area contributed by atoms with E-state index in [1.54, 1.807) is 66.7 Å². The number of anilines is 2. The van der Waals surface area contributed by atoms with Crippen LogP contribution in [0.5, 0.6) is 5.75 Å². The predicted molar refractivity (Wildman–Crippen MR) is 119 cm³/mol. The highest BCUT2D eigenvalue weighted by atomic mass is 79.9. The molecule has 7 heteroatoms. The quantitative estimate of drug-likeness (QED) is 0.461. The average Bonchev–Trinajstić information content (AvgIpc) is 2.71. The van der Waals surface area contributed by atoms with Crippen LogP contribution in [0.25, 0.3) is 0 Å². The number of hydrogen-bond acceptors (Lipinski definition) is 3. The second-order valence-electron chi connectivity index (χ2n) is 6.04. The first-order valence-corrected chi connectivity index (χ1v) is 10.0. The van der Waals surface area contributed by atoms with Crippen LogP contribution < -0.4 is 15.4 Å². The lowest BCUT2D eigenvalue weighted by Crippen LogP contribution is -2.13. The third-order valence-corrected chi connectivity index (χ3v) is 4.96. The van der Waals surface area contributed by atoms with E-state index in [2.05, 4.69) is 26.6 Å². The zero-order valence-electron chi connectivity index (χ0n) is 15.5. The molecule has 2 amide bonds. The number of hydrogen-bond donors (Lipinski definition) is 2. The molecule has 0 radical (unpaired) electrons. The molecule has 0 aliphatic heterocycles. The Morgan fingerprint density at radius 2 is 1.55 bits per heavy atom. The lowest BCUT2D eigenvalue weighted by Gasteiger charge is -2.10. The Hall–Kier alpha value is -2.83. The standard InChI is InChI=1S/C22H18BrClN2O3/c1-2-29-20-12-7-14(13-18(20)23)21(27)25-15-8-10-16(11-9-15)26-22(28)17-5-3-4-6-19(17)24/h3-13H,2H2,1H3,(H,25,27)(H,26,28). The number of amides is 2. The molecule has 0 saturated carbocycles. The van der Waals surface area contributed by atoms with E-state index in [1.165, 1.54) is 0 Å². The lowest BCUT2D eigenvalue weighted by molar-refractivity contribution is 0.101. The molecular weight excluding hydrogens is 456 g/mol. The van der Waals surface area contributed by atoms with Crippen molar-refractivity contribution < 1.29 is 14.3 Å². The average molecular weight is 474 g/mol. The fraction of sp³-hybridized carbons (Fsp3) is 0.0909. The van der Waals surface area contributed by atoms with Crippen LogP contribution in [0, 0.1) is 0 Å². The van der Waals surface area contributed by atoms with Gasteiger partial charge < -0.3 is 15.4 Å². The number of halogens is 2. The molecule has 5 nitrogen and oxygen atoms in total. The molecule has 3 aromatic carbocycles. The van der Waals surface area contributed by atoms with E-state index in [9.17, 15) is 9.59 Å². The van der Waals surface area contributed by atoms with E-state index in [4.69, 9.17) is 16.3 Å². The smallest absolute Gasteiger partial charge is 0.257 e. The van der Waals surface area contributed by atoms with Gasteiger partial charge in [0.05, 0.1) is 21.7 Å². The highest BCUT2D eigenvalue weighted by Gasteiger charge is 2.11. The monoisotopic (exact) mass is 472 g/mol. The Balaban J connectivity index is 1.64. The number of carbonyl (C=O) groups is 2. The van der Waals surface area contributed by atoms with Gasteiger partial charge in [0.1, 0.15) is 5.75 Å². The number of ether oxygens (including phenoxy) is 1. The van der Waals surface area contributed by atoms with E-state index in [1.807, 2.05) is 6.92 Å². The van der Waals surface area contributed by atoms with Crippen LogP contribution in [-0.4, -0.2) is 18.4 Å². The SMILES string of the molecule is CCOc1ccc(C(=O)Nc2ccc(NC(=O)c3ccccc3Cl)cc2)cc1Br. The highest BCUT2D eigenvalue weighted by molar-refractivity contribution is 9.10. The molecule has 0 spiro atoms. The van der Waals surface area contributed by atoms with Crippen molar-refractivity contribution >= 4 is 50.7 Å². The van der Waals surface area contributed by atoms with Gasteiger partial charge in [0.2, 0.25) is 0 Å². The van der Waals surface area contributed by atoms with Crippen molar-refractivity contribution in [1.82, 2.24) is 0 Å². The first-order valence-electron chi connectivity index (χ1n) is 8.87. The molecule has 3 rings (SSSR count). The van der Waals surface area contributed by atoms with Gasteiger partial charge in [-0.1, -0.05) is 23.7 Å². The van der Waals surface area contributed by atoms with E-state index in [0.717, 1.165) is 0 Å². The molecule has 0 aliphatic carbocycles. The summed E-state index contributed by atoms with van der Waals surface area (Å²) in [7, 11) is 0. The van der Waals surface area contributed by atoms with Crippen molar-refractivity contribution in [2.24, 2.45) is 0 Å². The summed E-state index contributed by atoms with van der Waals surface area (Å²) in [5.74, 6) is 0.135. The zero-order valence-corrected chi connectivity index (χ0v) is 17.9. The van der Waals surface area contributed by atoms with Gasteiger partial charge in [-0.15, -0.1) is 0 Å². The largest absolute Gasteiger partial charge is 0.493 e. The van der Waals surface area contributed by atoms with Crippen LogP contribution in [-0.2, 0) is 0 Å². The third kappa shape index (κ3) is 5.37. The number of rotatable bonds is 6. The Morgan fingerprint density at radius 1 is 0.931 bits per heavy atom. The highest BCUT2D eigenvalue weighted by Crippen LogP contribution is 2.26. The summed E-state index contributed by atoms with van der Waals surface area (Å²) in [4.78, 5) is 24.8. The number of benzene rings is 3. The minimum absolute atomic E-state index is 0.249. The van der Waals surface area contributed by atoms with Gasteiger partial charge in [0.25, 0.3) is 11.8 Å². The van der Waals surface area contributed by atoms with Gasteiger partial charge >= 0.3 is 0 Å². The van der Waals surface area contributed by atoms with Crippen molar-refractivity contribution in [3.05, 3.63) is 87.4 Å². The summed E-state index contributed by atoms with van der Waals surface area (Å²) in [6.45, 7) is 2.44. The Kier molecular flexibility index (Phi) is 6.90. The molecule has 0 aromatic heterocycles. The van der Waals surface area contributed by atoms with E-state index >= 15 is 0 Å². The maximum Gasteiger partial charge on any atom is 0.257 e. The summed E-state index contributed by atoms with van der Waals surface area (Å²) in [5.41, 5.74) is 2.09. The fourth-order valence-electron chi connectivity index (χ4n) is 2.60. The Labute approximate surface area is 182 Å². The topological polar surface area (TPSA) is 67.4 Å². The molecule has 0 fully saturated rings.